The summed E-state index contributed by atoms with van der Waals surface area (Å²) in [4.78, 5) is 18.5. The molecular weight excluding hydrogens is 378 g/mol. The van der Waals surface area contributed by atoms with Crippen LogP contribution in [0.3, 0.4) is 0 Å². The van der Waals surface area contributed by atoms with Crippen molar-refractivity contribution >= 4 is 17.5 Å². The predicted octanol–water partition coefficient (Wildman–Crippen LogP) is 4.43. The summed E-state index contributed by atoms with van der Waals surface area (Å²) >= 11 is 6.17. The van der Waals surface area contributed by atoms with Gasteiger partial charge < -0.3 is 14.2 Å². The van der Waals surface area contributed by atoms with Gasteiger partial charge in [-0.25, -0.2) is 0 Å². The molecule has 0 N–H and O–H groups in total. The highest BCUT2D eigenvalue weighted by Crippen LogP contribution is 2.26. The Balaban J connectivity index is 1.62. The van der Waals surface area contributed by atoms with E-state index in [1.165, 1.54) is 0 Å². The van der Waals surface area contributed by atoms with Gasteiger partial charge in [-0.2, -0.15) is 4.98 Å². The molecule has 1 aromatic heterocycles. The zero-order chi connectivity index (χ0) is 20.1. The van der Waals surface area contributed by atoms with Crippen LogP contribution in [0.15, 0.2) is 47.0 Å². The van der Waals surface area contributed by atoms with Gasteiger partial charge in [-0.3, -0.25) is 4.79 Å². The lowest BCUT2D eigenvalue weighted by atomic mass is 10.1. The summed E-state index contributed by atoms with van der Waals surface area (Å²) in [6.45, 7) is 6.36. The summed E-state index contributed by atoms with van der Waals surface area (Å²) in [6.07, 6.45) is 0. The number of carbonyl (C=O) groups excluding carboxylic acids is 1. The first-order valence-electron chi connectivity index (χ1n) is 9.03. The lowest BCUT2D eigenvalue weighted by Crippen LogP contribution is -2.34. The third-order valence-electron chi connectivity index (χ3n) is 4.33. The molecule has 0 aliphatic carbocycles. The van der Waals surface area contributed by atoms with Gasteiger partial charge in [-0.1, -0.05) is 47.1 Å². The van der Waals surface area contributed by atoms with Gasteiger partial charge in [0.25, 0.3) is 5.91 Å². The summed E-state index contributed by atoms with van der Waals surface area (Å²) in [5.74, 6) is 1.34. The second kappa shape index (κ2) is 8.89. The first-order chi connectivity index (χ1) is 13.5. The number of hydrogen-bond donors (Lipinski definition) is 0. The number of aryl methyl sites for hydroxylation is 2. The van der Waals surface area contributed by atoms with Crippen LogP contribution in [-0.4, -0.2) is 34.1 Å². The minimum absolute atomic E-state index is 0.0754. The number of rotatable bonds is 7. The number of carbonyl (C=O) groups is 1. The number of ether oxygens (including phenoxy) is 1. The van der Waals surface area contributed by atoms with Crippen LogP contribution in [0.1, 0.15) is 23.9 Å². The summed E-state index contributed by atoms with van der Waals surface area (Å²) in [7, 11) is 0. The van der Waals surface area contributed by atoms with Crippen LogP contribution in [0.5, 0.6) is 5.75 Å². The highest BCUT2D eigenvalue weighted by molar-refractivity contribution is 6.32. The molecule has 3 aromatic rings. The minimum Gasteiger partial charge on any atom is -0.484 e. The number of hydrogen-bond acceptors (Lipinski definition) is 5. The van der Waals surface area contributed by atoms with E-state index in [1.807, 2.05) is 63.2 Å². The maximum atomic E-state index is 12.6. The molecule has 0 aliphatic heterocycles. The number of aromatic nitrogens is 2. The standard InChI is InChI=1S/C21H22ClN3O3/c1-4-25(12-18-23-21(24-28-18)16-8-6-5-7-9-16)19(26)13-27-17-10-14(2)20(22)15(3)11-17/h5-11H,4,12-13H2,1-3H3. The van der Waals surface area contributed by atoms with E-state index in [1.54, 1.807) is 4.90 Å². The molecule has 1 amide bonds. The summed E-state index contributed by atoms with van der Waals surface area (Å²) in [6, 6.07) is 13.2. The molecule has 0 fully saturated rings. The van der Waals surface area contributed by atoms with Gasteiger partial charge in [0.15, 0.2) is 6.61 Å². The van der Waals surface area contributed by atoms with Gasteiger partial charge in [0.05, 0.1) is 0 Å². The molecule has 3 rings (SSSR count). The molecule has 0 spiro atoms. The largest absolute Gasteiger partial charge is 0.484 e. The Morgan fingerprint density at radius 3 is 2.50 bits per heavy atom. The molecule has 0 saturated carbocycles. The van der Waals surface area contributed by atoms with Crippen molar-refractivity contribution in [2.45, 2.75) is 27.3 Å². The van der Waals surface area contributed by atoms with Crippen molar-refractivity contribution in [3.05, 3.63) is 64.5 Å². The van der Waals surface area contributed by atoms with Crippen molar-refractivity contribution in [1.29, 1.82) is 0 Å². The van der Waals surface area contributed by atoms with Gasteiger partial charge >= 0.3 is 0 Å². The van der Waals surface area contributed by atoms with Gasteiger partial charge in [-0.15, -0.1) is 0 Å². The molecule has 146 valence electrons. The van der Waals surface area contributed by atoms with E-state index in [4.69, 9.17) is 20.9 Å². The zero-order valence-corrected chi connectivity index (χ0v) is 16.9. The molecule has 0 aliphatic rings. The highest BCUT2D eigenvalue weighted by atomic mass is 35.5. The first-order valence-corrected chi connectivity index (χ1v) is 9.41. The monoisotopic (exact) mass is 399 g/mol. The normalized spacial score (nSPS) is 10.7. The lowest BCUT2D eigenvalue weighted by molar-refractivity contribution is -0.134. The molecule has 0 saturated heterocycles. The Morgan fingerprint density at radius 2 is 1.86 bits per heavy atom. The van der Waals surface area contributed by atoms with Crippen molar-refractivity contribution in [1.82, 2.24) is 15.0 Å². The van der Waals surface area contributed by atoms with Crippen molar-refractivity contribution in [3.8, 4) is 17.1 Å². The van der Waals surface area contributed by atoms with Crippen molar-refractivity contribution in [3.63, 3.8) is 0 Å². The molecule has 6 nitrogen and oxygen atoms in total. The Labute approximate surface area is 169 Å². The van der Waals surface area contributed by atoms with Crippen molar-refractivity contribution < 1.29 is 14.1 Å². The second-order valence-corrected chi connectivity index (χ2v) is 6.82. The SMILES string of the molecule is CCN(Cc1nc(-c2ccccc2)no1)C(=O)COc1cc(C)c(Cl)c(C)c1. The summed E-state index contributed by atoms with van der Waals surface area (Å²) in [5.41, 5.74) is 2.69. The van der Waals surface area contributed by atoms with Crippen LogP contribution in [0.4, 0.5) is 0 Å². The maximum absolute atomic E-state index is 12.6. The van der Waals surface area contributed by atoms with E-state index in [2.05, 4.69) is 10.1 Å². The van der Waals surface area contributed by atoms with E-state index < -0.39 is 0 Å². The number of amides is 1. The molecule has 28 heavy (non-hydrogen) atoms. The average molecular weight is 400 g/mol. The first kappa shape index (κ1) is 19.9. The van der Waals surface area contributed by atoms with Crippen molar-refractivity contribution in [2.75, 3.05) is 13.2 Å². The minimum atomic E-state index is -0.160. The van der Waals surface area contributed by atoms with E-state index in [0.29, 0.717) is 29.0 Å². The van der Waals surface area contributed by atoms with E-state index in [-0.39, 0.29) is 19.1 Å². The molecule has 0 atom stereocenters. The topological polar surface area (TPSA) is 68.5 Å². The van der Waals surface area contributed by atoms with Gasteiger partial charge in [-0.05, 0) is 44.0 Å². The third kappa shape index (κ3) is 4.70. The fourth-order valence-electron chi connectivity index (χ4n) is 2.79. The quantitative estimate of drug-likeness (QED) is 0.587. The smallest absolute Gasteiger partial charge is 0.260 e. The fourth-order valence-corrected chi connectivity index (χ4v) is 2.90. The number of halogens is 1. The van der Waals surface area contributed by atoms with Crippen LogP contribution in [0.2, 0.25) is 5.02 Å². The average Bonchev–Trinajstić information content (AvgIpc) is 3.17. The molecule has 0 bridgehead atoms. The highest BCUT2D eigenvalue weighted by Gasteiger charge is 2.17. The van der Waals surface area contributed by atoms with Gasteiger partial charge in [0, 0.05) is 17.1 Å². The Kier molecular flexibility index (Phi) is 6.31. The van der Waals surface area contributed by atoms with E-state index >= 15 is 0 Å². The summed E-state index contributed by atoms with van der Waals surface area (Å²) in [5, 5.41) is 4.69. The fraction of sp³-hybridized carbons (Fsp3) is 0.286. The Bertz CT molecular complexity index is 934. The van der Waals surface area contributed by atoms with E-state index in [0.717, 1.165) is 16.7 Å². The Hall–Kier alpha value is -2.86. The number of benzene rings is 2. The number of nitrogens with zero attached hydrogens (tertiary/aromatic N) is 3. The molecule has 1 heterocycles. The zero-order valence-electron chi connectivity index (χ0n) is 16.1. The Morgan fingerprint density at radius 1 is 1.18 bits per heavy atom. The van der Waals surface area contributed by atoms with Crippen LogP contribution >= 0.6 is 11.6 Å². The third-order valence-corrected chi connectivity index (χ3v) is 4.93. The predicted molar refractivity (Wildman–Crippen MR) is 107 cm³/mol. The van der Waals surface area contributed by atoms with Crippen LogP contribution < -0.4 is 4.74 Å². The molecule has 0 radical (unpaired) electrons. The van der Waals surface area contributed by atoms with Crippen LogP contribution in [0, 0.1) is 13.8 Å². The van der Waals surface area contributed by atoms with Crippen molar-refractivity contribution in [2.24, 2.45) is 0 Å². The molecule has 0 unspecified atom stereocenters. The lowest BCUT2D eigenvalue weighted by Gasteiger charge is -2.19. The second-order valence-electron chi connectivity index (χ2n) is 6.45. The molecule has 2 aromatic carbocycles. The number of likely N-dealkylation sites (N-methyl/N-ethyl adjacent to an activating group) is 1. The molecule has 7 heteroatoms. The van der Waals surface area contributed by atoms with Crippen LogP contribution in [-0.2, 0) is 11.3 Å². The van der Waals surface area contributed by atoms with Crippen LogP contribution in [0.25, 0.3) is 11.4 Å². The van der Waals surface area contributed by atoms with E-state index in [9.17, 15) is 4.79 Å². The van der Waals surface area contributed by atoms with Gasteiger partial charge in [0.1, 0.15) is 12.3 Å². The maximum Gasteiger partial charge on any atom is 0.260 e. The van der Waals surface area contributed by atoms with Gasteiger partial charge in [0.2, 0.25) is 11.7 Å². The summed E-state index contributed by atoms with van der Waals surface area (Å²) < 4.78 is 11.0. The molecular formula is C21H22ClN3O3.